The smallest absolute Gasteiger partial charge is 0.339 e. The molecule has 0 heterocycles. The van der Waals surface area contributed by atoms with Gasteiger partial charge in [-0.05, 0) is 53.9 Å². The molecule has 33 heavy (non-hydrogen) atoms. The molecule has 0 aliphatic carbocycles. The number of aromatic carboxylic acids is 3. The summed E-state index contributed by atoms with van der Waals surface area (Å²) in [7, 11) is 0. The monoisotopic (exact) mass is 453 g/mol. The van der Waals surface area contributed by atoms with Crippen molar-refractivity contribution in [2.75, 3.05) is 5.32 Å². The summed E-state index contributed by atoms with van der Waals surface area (Å²) in [5.74, 6) is -7.07. The topological polar surface area (TPSA) is 161 Å². The van der Waals surface area contributed by atoms with E-state index in [1.165, 1.54) is 30.3 Å². The molecule has 0 spiro atoms. The van der Waals surface area contributed by atoms with Gasteiger partial charge in [0.25, 0.3) is 5.91 Å². The van der Waals surface area contributed by atoms with Crippen molar-refractivity contribution in [3.05, 3.63) is 82.2 Å². The number of carbonyl (C=O) groups is 4. The van der Waals surface area contributed by atoms with Crippen molar-refractivity contribution >= 4 is 29.5 Å². The number of amides is 1. The highest BCUT2D eigenvalue weighted by Gasteiger charge is 2.24. The lowest BCUT2D eigenvalue weighted by Gasteiger charge is -2.13. The van der Waals surface area contributed by atoms with Crippen LogP contribution in [0.2, 0.25) is 0 Å². The number of anilines is 1. The molecule has 0 bridgehead atoms. The minimum absolute atomic E-state index is 0.218. The molecule has 3 rings (SSSR count). The van der Waals surface area contributed by atoms with Gasteiger partial charge in [0.1, 0.15) is 17.1 Å². The van der Waals surface area contributed by atoms with E-state index in [9.17, 15) is 38.9 Å². The Kier molecular flexibility index (Phi) is 6.11. The number of carbonyl (C=O) groups excluding carboxylic acids is 1. The lowest BCUT2D eigenvalue weighted by molar-refractivity contribution is 0.0679. The predicted octanol–water partition coefficient (Wildman–Crippen LogP) is 3.85. The molecule has 0 aromatic heterocycles. The Bertz CT molecular complexity index is 1330. The number of rotatable bonds is 6. The molecule has 0 atom stereocenters. The van der Waals surface area contributed by atoms with Crippen LogP contribution in [-0.4, -0.2) is 44.2 Å². The van der Waals surface area contributed by atoms with Gasteiger partial charge in [-0.1, -0.05) is 18.2 Å². The number of aromatic hydroxyl groups is 1. The second-order valence-corrected chi connectivity index (χ2v) is 7.01. The zero-order chi connectivity index (χ0) is 24.4. The largest absolute Gasteiger partial charge is 0.507 e. The van der Waals surface area contributed by atoms with Crippen molar-refractivity contribution in [1.29, 1.82) is 0 Å². The van der Waals surface area contributed by atoms with E-state index < -0.39 is 52.1 Å². The van der Waals surface area contributed by atoms with Gasteiger partial charge in [-0.2, -0.15) is 0 Å². The summed E-state index contributed by atoms with van der Waals surface area (Å²) in [6.07, 6.45) is 0. The second-order valence-electron chi connectivity index (χ2n) is 7.01. The summed E-state index contributed by atoms with van der Waals surface area (Å²) in [5.41, 5.74) is -1.40. The Hall–Kier alpha value is -4.73. The van der Waals surface area contributed by atoms with E-state index in [4.69, 9.17) is 5.11 Å². The molecule has 3 aromatic rings. The minimum Gasteiger partial charge on any atom is -0.507 e. The Morgan fingerprint density at radius 1 is 0.727 bits per heavy atom. The Balaban J connectivity index is 2.08. The maximum atomic E-state index is 14.0. The van der Waals surface area contributed by atoms with Gasteiger partial charge in [0.2, 0.25) is 0 Å². The maximum absolute atomic E-state index is 14.0. The average Bonchev–Trinajstić information content (AvgIpc) is 2.74. The summed E-state index contributed by atoms with van der Waals surface area (Å²) in [6, 6.07) is 9.54. The fraction of sp³-hybridized carbons (Fsp3) is 0.0435. The molecular weight excluding hydrogens is 437 g/mol. The fourth-order valence-electron chi connectivity index (χ4n) is 3.10. The lowest BCUT2D eigenvalue weighted by Crippen LogP contribution is -2.19. The van der Waals surface area contributed by atoms with Crippen molar-refractivity contribution in [1.82, 2.24) is 0 Å². The molecule has 0 saturated heterocycles. The highest BCUT2D eigenvalue weighted by atomic mass is 19.1. The zero-order valence-electron chi connectivity index (χ0n) is 16.9. The quantitative estimate of drug-likeness (QED) is 0.376. The Morgan fingerprint density at radius 3 is 1.88 bits per heavy atom. The summed E-state index contributed by atoms with van der Waals surface area (Å²) >= 11 is 0. The number of nitrogens with one attached hydrogen (secondary N) is 1. The highest BCUT2D eigenvalue weighted by molar-refractivity contribution is 6.14. The molecule has 0 radical (unpaired) electrons. The summed E-state index contributed by atoms with van der Waals surface area (Å²) in [5, 5.41) is 40.1. The molecule has 0 saturated carbocycles. The van der Waals surface area contributed by atoms with Crippen LogP contribution in [0.1, 0.15) is 47.0 Å². The van der Waals surface area contributed by atoms with E-state index in [1.54, 1.807) is 13.0 Å². The number of aryl methyl sites for hydroxylation is 1. The number of phenols is 1. The van der Waals surface area contributed by atoms with Crippen LogP contribution < -0.4 is 5.32 Å². The molecule has 0 aliphatic heterocycles. The van der Waals surface area contributed by atoms with Crippen LogP contribution in [0.25, 0.3) is 11.1 Å². The van der Waals surface area contributed by atoms with E-state index in [1.807, 2.05) is 0 Å². The van der Waals surface area contributed by atoms with E-state index in [0.29, 0.717) is 28.8 Å². The summed E-state index contributed by atoms with van der Waals surface area (Å²) < 4.78 is 14.0. The number of hydrogen-bond donors (Lipinski definition) is 5. The SMILES string of the molecule is Cc1ccc(-c2ccc(C(=O)O)c(NC(=O)c3cc(O)c(C(=O)O)cc3C(=O)O)c2)cc1F. The molecule has 3 aromatic carbocycles. The van der Waals surface area contributed by atoms with E-state index in [2.05, 4.69) is 5.32 Å². The van der Waals surface area contributed by atoms with Gasteiger partial charge in [-0.25, -0.2) is 18.8 Å². The van der Waals surface area contributed by atoms with Crippen LogP contribution in [0.5, 0.6) is 5.75 Å². The van der Waals surface area contributed by atoms with E-state index in [0.717, 1.165) is 0 Å². The lowest BCUT2D eigenvalue weighted by atomic mass is 9.99. The molecule has 10 heteroatoms. The summed E-state index contributed by atoms with van der Waals surface area (Å²) in [4.78, 5) is 47.1. The van der Waals surface area contributed by atoms with Crippen molar-refractivity contribution in [2.45, 2.75) is 6.92 Å². The number of hydrogen-bond acceptors (Lipinski definition) is 5. The van der Waals surface area contributed by atoms with Crippen LogP contribution >= 0.6 is 0 Å². The molecule has 5 N–H and O–H groups in total. The van der Waals surface area contributed by atoms with Crippen molar-refractivity contribution < 1.29 is 44.0 Å². The van der Waals surface area contributed by atoms with E-state index >= 15 is 0 Å². The third-order valence-corrected chi connectivity index (χ3v) is 4.84. The molecule has 168 valence electrons. The molecular formula is C23H16FNO8. The van der Waals surface area contributed by atoms with Crippen LogP contribution in [0.15, 0.2) is 48.5 Å². The molecule has 1 amide bonds. The molecule has 0 unspecified atom stereocenters. The maximum Gasteiger partial charge on any atom is 0.339 e. The first-order valence-electron chi connectivity index (χ1n) is 9.28. The standard InChI is InChI=1S/C23H16FNO8/c1-10-2-3-11(6-17(10)24)12-4-5-13(21(28)29)18(7-12)25-20(27)14-9-19(26)16(23(32)33)8-15(14)22(30)31/h2-9,26H,1H3,(H,25,27)(H,28,29)(H,30,31)(H,32,33). The molecule has 0 fully saturated rings. The first-order valence-corrected chi connectivity index (χ1v) is 9.28. The van der Waals surface area contributed by atoms with Crippen molar-refractivity contribution in [3.8, 4) is 16.9 Å². The van der Waals surface area contributed by atoms with Gasteiger partial charge in [-0.3, -0.25) is 4.79 Å². The first-order chi connectivity index (χ1) is 15.5. The third-order valence-electron chi connectivity index (χ3n) is 4.84. The minimum atomic E-state index is -1.63. The van der Waals surface area contributed by atoms with Crippen LogP contribution in [-0.2, 0) is 0 Å². The van der Waals surface area contributed by atoms with Crippen molar-refractivity contribution in [3.63, 3.8) is 0 Å². The van der Waals surface area contributed by atoms with Gasteiger partial charge in [0.05, 0.1) is 22.4 Å². The molecule has 9 nitrogen and oxygen atoms in total. The van der Waals surface area contributed by atoms with Gasteiger partial charge in [0, 0.05) is 0 Å². The average molecular weight is 453 g/mol. The van der Waals surface area contributed by atoms with Crippen LogP contribution in [0, 0.1) is 12.7 Å². The normalized spacial score (nSPS) is 10.5. The Labute approximate surface area is 185 Å². The molecule has 0 aliphatic rings. The second kappa shape index (κ2) is 8.79. The third kappa shape index (κ3) is 4.64. The van der Waals surface area contributed by atoms with Gasteiger partial charge < -0.3 is 25.7 Å². The fourth-order valence-corrected chi connectivity index (χ4v) is 3.10. The van der Waals surface area contributed by atoms with Gasteiger partial charge in [-0.15, -0.1) is 0 Å². The van der Waals surface area contributed by atoms with Crippen molar-refractivity contribution in [2.24, 2.45) is 0 Å². The Morgan fingerprint density at radius 2 is 1.30 bits per heavy atom. The highest BCUT2D eigenvalue weighted by Crippen LogP contribution is 2.29. The van der Waals surface area contributed by atoms with Crippen LogP contribution in [0.4, 0.5) is 10.1 Å². The van der Waals surface area contributed by atoms with Crippen LogP contribution in [0.3, 0.4) is 0 Å². The number of carboxylic acid groups (broad SMARTS) is 3. The zero-order valence-corrected chi connectivity index (χ0v) is 16.9. The number of benzene rings is 3. The first kappa shape index (κ1) is 22.9. The van der Waals surface area contributed by atoms with E-state index in [-0.39, 0.29) is 11.3 Å². The summed E-state index contributed by atoms with van der Waals surface area (Å²) in [6.45, 7) is 1.57. The predicted molar refractivity (Wildman–Crippen MR) is 114 cm³/mol. The number of carboxylic acids is 3. The number of halogens is 1. The van der Waals surface area contributed by atoms with Gasteiger partial charge in [0.15, 0.2) is 0 Å². The van der Waals surface area contributed by atoms with Gasteiger partial charge >= 0.3 is 17.9 Å².